The van der Waals surface area contributed by atoms with Crippen molar-refractivity contribution >= 4 is 11.5 Å². The fourth-order valence-electron chi connectivity index (χ4n) is 3.14. The molecule has 0 radical (unpaired) electrons. The van der Waals surface area contributed by atoms with Crippen LogP contribution in [-0.4, -0.2) is 24.5 Å². The molecule has 0 atom stereocenters. The Kier molecular flexibility index (Phi) is 4.75. The highest BCUT2D eigenvalue weighted by molar-refractivity contribution is 5.59. The van der Waals surface area contributed by atoms with Crippen molar-refractivity contribution in [3.8, 4) is 0 Å². The van der Waals surface area contributed by atoms with Crippen LogP contribution in [0, 0.1) is 30.9 Å². The largest absolute Gasteiger partial charge is 0.360 e. The lowest BCUT2D eigenvalue weighted by Crippen LogP contribution is -2.08. The van der Waals surface area contributed by atoms with Gasteiger partial charge in [-0.3, -0.25) is 14.8 Å². The highest BCUT2D eigenvalue weighted by atomic mass is 16.6. The van der Waals surface area contributed by atoms with Crippen molar-refractivity contribution < 1.29 is 4.92 Å². The number of aryl methyl sites for hydroxylation is 3. The second-order valence-corrected chi connectivity index (χ2v) is 6.31. The van der Waals surface area contributed by atoms with E-state index < -0.39 is 4.92 Å². The van der Waals surface area contributed by atoms with E-state index in [1.54, 1.807) is 14.0 Å². The Labute approximate surface area is 151 Å². The number of rotatable bonds is 6. The quantitative estimate of drug-likeness (QED) is 0.542. The lowest BCUT2D eigenvalue weighted by molar-refractivity contribution is -0.384. The van der Waals surface area contributed by atoms with Gasteiger partial charge in [-0.05, 0) is 26.3 Å². The predicted molar refractivity (Wildman–Crippen MR) is 99.2 cm³/mol. The first-order valence-electron chi connectivity index (χ1n) is 8.37. The maximum atomic E-state index is 11.3. The highest BCUT2D eigenvalue weighted by Gasteiger charge is 2.24. The van der Waals surface area contributed by atoms with E-state index in [1.807, 2.05) is 36.7 Å². The van der Waals surface area contributed by atoms with Crippen molar-refractivity contribution in [3.05, 3.63) is 68.7 Å². The van der Waals surface area contributed by atoms with Gasteiger partial charge in [-0.2, -0.15) is 10.2 Å². The van der Waals surface area contributed by atoms with Crippen LogP contribution in [0.5, 0.6) is 0 Å². The topological polar surface area (TPSA) is 90.8 Å². The molecule has 136 valence electrons. The van der Waals surface area contributed by atoms with Gasteiger partial charge in [-0.25, -0.2) is 4.68 Å². The fourth-order valence-corrected chi connectivity index (χ4v) is 3.14. The zero-order chi connectivity index (χ0) is 18.8. The molecule has 0 spiro atoms. The van der Waals surface area contributed by atoms with Gasteiger partial charge in [0.05, 0.1) is 17.2 Å². The molecular weight excluding hydrogens is 332 g/mol. The van der Waals surface area contributed by atoms with E-state index in [-0.39, 0.29) is 5.69 Å². The van der Waals surface area contributed by atoms with Gasteiger partial charge in [-0.1, -0.05) is 30.3 Å². The SMILES string of the molecule is Cc1nn(Cc2ccccc2)c(C)c1CNc1c([N+](=O)[O-])c(C)nn1C. The molecule has 1 N–H and O–H groups in total. The number of anilines is 1. The van der Waals surface area contributed by atoms with Crippen LogP contribution in [0.2, 0.25) is 0 Å². The third-order valence-electron chi connectivity index (χ3n) is 4.51. The van der Waals surface area contributed by atoms with E-state index in [0.29, 0.717) is 24.6 Å². The molecule has 3 aromatic rings. The summed E-state index contributed by atoms with van der Waals surface area (Å²) in [4.78, 5) is 10.9. The summed E-state index contributed by atoms with van der Waals surface area (Å²) in [6, 6.07) is 10.1. The summed E-state index contributed by atoms with van der Waals surface area (Å²) < 4.78 is 3.47. The van der Waals surface area contributed by atoms with Gasteiger partial charge >= 0.3 is 5.69 Å². The Morgan fingerprint density at radius 2 is 1.81 bits per heavy atom. The molecule has 8 nitrogen and oxygen atoms in total. The Bertz CT molecular complexity index is 942. The minimum absolute atomic E-state index is 0.0134. The molecule has 0 aliphatic carbocycles. The number of nitrogens with one attached hydrogen (secondary N) is 1. The number of hydrogen-bond acceptors (Lipinski definition) is 5. The van der Waals surface area contributed by atoms with Crippen LogP contribution in [0.1, 0.15) is 28.2 Å². The highest BCUT2D eigenvalue weighted by Crippen LogP contribution is 2.28. The smallest absolute Gasteiger partial charge is 0.333 e. The van der Waals surface area contributed by atoms with E-state index >= 15 is 0 Å². The molecule has 0 amide bonds. The van der Waals surface area contributed by atoms with Gasteiger partial charge in [-0.15, -0.1) is 0 Å². The zero-order valence-corrected chi connectivity index (χ0v) is 15.4. The first-order valence-corrected chi connectivity index (χ1v) is 8.37. The van der Waals surface area contributed by atoms with Gasteiger partial charge in [0.15, 0.2) is 0 Å². The minimum Gasteiger partial charge on any atom is -0.360 e. The van der Waals surface area contributed by atoms with Crippen LogP contribution in [0.25, 0.3) is 0 Å². The third kappa shape index (κ3) is 3.30. The number of hydrogen-bond donors (Lipinski definition) is 1. The predicted octanol–water partition coefficient (Wildman–Crippen LogP) is 3.11. The van der Waals surface area contributed by atoms with Crippen LogP contribution >= 0.6 is 0 Å². The van der Waals surface area contributed by atoms with Crippen LogP contribution in [0.3, 0.4) is 0 Å². The van der Waals surface area contributed by atoms with Crippen LogP contribution < -0.4 is 5.32 Å². The second kappa shape index (κ2) is 6.99. The summed E-state index contributed by atoms with van der Waals surface area (Å²) in [6.45, 7) is 6.75. The maximum absolute atomic E-state index is 11.3. The lowest BCUT2D eigenvalue weighted by atomic mass is 10.2. The number of nitro groups is 1. The van der Waals surface area contributed by atoms with Gasteiger partial charge in [0.1, 0.15) is 5.69 Å². The summed E-state index contributed by atoms with van der Waals surface area (Å²) >= 11 is 0. The van der Waals surface area contributed by atoms with Crippen molar-refractivity contribution in [2.24, 2.45) is 7.05 Å². The summed E-state index contributed by atoms with van der Waals surface area (Å²) in [6.07, 6.45) is 0. The van der Waals surface area contributed by atoms with Crippen molar-refractivity contribution in [3.63, 3.8) is 0 Å². The molecule has 1 aromatic carbocycles. The molecule has 2 heterocycles. The van der Waals surface area contributed by atoms with Crippen LogP contribution in [-0.2, 0) is 20.1 Å². The molecule has 0 saturated carbocycles. The Balaban J connectivity index is 1.83. The molecule has 0 unspecified atom stereocenters. The number of aromatic nitrogens is 4. The molecule has 0 bridgehead atoms. The van der Waals surface area contributed by atoms with Gasteiger partial charge in [0, 0.05) is 24.8 Å². The number of nitrogens with zero attached hydrogens (tertiary/aromatic N) is 5. The molecule has 8 heteroatoms. The minimum atomic E-state index is -0.400. The van der Waals surface area contributed by atoms with Crippen LogP contribution in [0.4, 0.5) is 11.5 Å². The molecule has 0 aliphatic heterocycles. The Morgan fingerprint density at radius 3 is 2.46 bits per heavy atom. The summed E-state index contributed by atoms with van der Waals surface area (Å²) in [5.41, 5.74) is 4.57. The van der Waals surface area contributed by atoms with E-state index in [2.05, 4.69) is 27.6 Å². The van der Waals surface area contributed by atoms with E-state index in [4.69, 9.17) is 0 Å². The Hall–Kier alpha value is -3.16. The van der Waals surface area contributed by atoms with Crippen molar-refractivity contribution in [2.75, 3.05) is 5.32 Å². The number of benzene rings is 1. The second-order valence-electron chi connectivity index (χ2n) is 6.31. The van der Waals surface area contributed by atoms with E-state index in [1.165, 1.54) is 10.2 Å². The standard InChI is InChI=1S/C18H22N6O2/c1-12-16(10-19-18-17(24(25)26)13(2)20-22(18)4)14(3)23(21-12)11-15-8-6-5-7-9-15/h5-9,19H,10-11H2,1-4H3. The first kappa shape index (κ1) is 17.7. The average Bonchev–Trinajstić information content (AvgIpc) is 3.02. The molecule has 0 fully saturated rings. The van der Waals surface area contributed by atoms with Gasteiger partial charge < -0.3 is 5.32 Å². The van der Waals surface area contributed by atoms with Crippen molar-refractivity contribution in [1.82, 2.24) is 19.6 Å². The summed E-state index contributed by atoms with van der Waals surface area (Å²) in [5.74, 6) is 0.405. The monoisotopic (exact) mass is 354 g/mol. The first-order chi connectivity index (χ1) is 12.4. The molecule has 26 heavy (non-hydrogen) atoms. The molecule has 0 saturated heterocycles. The fraction of sp³-hybridized carbons (Fsp3) is 0.333. The normalized spacial score (nSPS) is 10.9. The molecule has 2 aromatic heterocycles. The van der Waals surface area contributed by atoms with E-state index in [9.17, 15) is 10.1 Å². The average molecular weight is 354 g/mol. The van der Waals surface area contributed by atoms with Crippen molar-refractivity contribution in [2.45, 2.75) is 33.9 Å². The van der Waals surface area contributed by atoms with Gasteiger partial charge in [0.2, 0.25) is 5.82 Å². The van der Waals surface area contributed by atoms with Crippen LogP contribution in [0.15, 0.2) is 30.3 Å². The molecular formula is C18H22N6O2. The van der Waals surface area contributed by atoms with E-state index in [0.717, 1.165) is 17.0 Å². The third-order valence-corrected chi connectivity index (χ3v) is 4.51. The lowest BCUT2D eigenvalue weighted by Gasteiger charge is -2.08. The Morgan fingerprint density at radius 1 is 1.12 bits per heavy atom. The molecule has 3 rings (SSSR count). The molecule has 0 aliphatic rings. The zero-order valence-electron chi connectivity index (χ0n) is 15.4. The maximum Gasteiger partial charge on any atom is 0.333 e. The summed E-state index contributed by atoms with van der Waals surface area (Å²) in [5, 5.41) is 23.2. The van der Waals surface area contributed by atoms with Gasteiger partial charge in [0.25, 0.3) is 0 Å². The van der Waals surface area contributed by atoms with Crippen molar-refractivity contribution in [1.29, 1.82) is 0 Å². The summed E-state index contributed by atoms with van der Waals surface area (Å²) in [7, 11) is 1.70.